The molecule has 1 aromatic carbocycles. The number of benzene rings is 1. The van der Waals surface area contributed by atoms with E-state index in [1.54, 1.807) is 11.1 Å². The van der Waals surface area contributed by atoms with Gasteiger partial charge in [0.15, 0.2) is 0 Å². The van der Waals surface area contributed by atoms with E-state index in [1.807, 2.05) is 11.1 Å². The van der Waals surface area contributed by atoms with Crippen molar-refractivity contribution < 1.29 is 4.79 Å². The molecule has 0 amide bonds. The molecule has 1 nitrogen and oxygen atoms in total. The Hall–Kier alpha value is -1.89. The summed E-state index contributed by atoms with van der Waals surface area (Å²) in [7, 11) is 0. The van der Waals surface area contributed by atoms with Crippen LogP contribution in [0.15, 0.2) is 40.5 Å². The molecule has 0 radical (unpaired) electrons. The highest BCUT2D eigenvalue weighted by molar-refractivity contribution is 5.95. The van der Waals surface area contributed by atoms with Crippen molar-refractivity contribution in [3.05, 3.63) is 56.5 Å². The lowest BCUT2D eigenvalue weighted by molar-refractivity contribution is -0.120. The van der Waals surface area contributed by atoms with Crippen molar-refractivity contribution in [2.24, 2.45) is 23.2 Å². The number of hydrogen-bond acceptors (Lipinski definition) is 1. The Morgan fingerprint density at radius 3 is 2.54 bits per heavy atom. The third-order valence-electron chi connectivity index (χ3n) is 10.0. The maximum atomic E-state index is 13.0. The average molecular weight is 367 g/mol. The summed E-state index contributed by atoms with van der Waals surface area (Å²) in [6, 6.07) is 7.31. The van der Waals surface area contributed by atoms with Crippen molar-refractivity contribution in [2.45, 2.75) is 63.2 Å². The predicted octanol–water partition coefficient (Wildman–Crippen LogP) is 4.09. The van der Waals surface area contributed by atoms with E-state index >= 15 is 0 Å². The zero-order chi connectivity index (χ0) is 18.3. The summed E-state index contributed by atoms with van der Waals surface area (Å²) in [6.45, 7) is 0. The summed E-state index contributed by atoms with van der Waals surface area (Å²) < 4.78 is 0. The second-order valence-corrected chi connectivity index (χ2v) is 10.7. The maximum Gasteiger partial charge on any atom is 0.144 e. The van der Waals surface area contributed by atoms with Crippen LogP contribution < -0.4 is 10.4 Å². The monoisotopic (exact) mass is 366 g/mol. The van der Waals surface area contributed by atoms with E-state index in [0.717, 1.165) is 24.7 Å². The number of allylic oxidation sites excluding steroid dienone is 4. The maximum absolute atomic E-state index is 13.0. The van der Waals surface area contributed by atoms with E-state index in [9.17, 15) is 4.79 Å². The first-order valence-electron chi connectivity index (χ1n) is 11.6. The topological polar surface area (TPSA) is 17.1 Å². The molecule has 0 saturated heterocycles. The Morgan fingerprint density at radius 1 is 0.857 bits per heavy atom. The summed E-state index contributed by atoms with van der Waals surface area (Å²) in [5.41, 5.74) is 9.11. The fourth-order valence-corrected chi connectivity index (χ4v) is 9.10. The van der Waals surface area contributed by atoms with Crippen LogP contribution in [0.4, 0.5) is 0 Å². The van der Waals surface area contributed by atoms with Gasteiger partial charge in [0.25, 0.3) is 0 Å². The van der Waals surface area contributed by atoms with Crippen LogP contribution in [0.5, 0.6) is 0 Å². The standard InChI is InChI=1S/C27H26O/c28-23-4-3-22-20-12-16-1-2-19(11-18(16)13-21(20)23)26-8-5-15(6-9-26)24-25(26)17-7-10-27(22,24)14-17/h1-2,11-13,15,17,21H,3-10,14H2. The highest BCUT2D eigenvalue weighted by Gasteiger charge is 2.63. The molecular formula is C27H26O. The van der Waals surface area contributed by atoms with Gasteiger partial charge in [0, 0.05) is 17.3 Å². The number of Topliss-reactive ketones (excluding diaryl/α,β-unsaturated/α-hetero) is 1. The minimum atomic E-state index is 0.0256. The lowest BCUT2D eigenvalue weighted by Gasteiger charge is -2.54. The van der Waals surface area contributed by atoms with Gasteiger partial charge >= 0.3 is 0 Å². The van der Waals surface area contributed by atoms with Gasteiger partial charge in [0.1, 0.15) is 5.78 Å². The molecule has 0 aliphatic heterocycles. The van der Waals surface area contributed by atoms with Crippen molar-refractivity contribution in [2.75, 3.05) is 0 Å². The van der Waals surface area contributed by atoms with Crippen molar-refractivity contribution >= 4 is 17.9 Å². The van der Waals surface area contributed by atoms with E-state index in [-0.39, 0.29) is 5.92 Å². The molecule has 0 N–H and O–H groups in total. The molecule has 2 spiro atoms. The number of carbonyl (C=O) groups excluding carboxylic acids is 1. The third kappa shape index (κ3) is 1.42. The molecule has 0 heterocycles. The quantitative estimate of drug-likeness (QED) is 0.632. The lowest BCUT2D eigenvalue weighted by Crippen LogP contribution is -2.45. The van der Waals surface area contributed by atoms with Crippen molar-refractivity contribution in [1.29, 1.82) is 0 Å². The Kier molecular flexibility index (Phi) is 2.40. The summed E-state index contributed by atoms with van der Waals surface area (Å²) >= 11 is 0. The number of carbonyl (C=O) groups is 1. The highest BCUT2D eigenvalue weighted by Crippen LogP contribution is 2.73. The molecule has 3 atom stereocenters. The summed E-state index contributed by atoms with van der Waals surface area (Å²) in [4.78, 5) is 13.0. The Balaban J connectivity index is 1.61. The van der Waals surface area contributed by atoms with Gasteiger partial charge < -0.3 is 0 Å². The number of fused-ring (bicyclic) bond motifs is 4. The average Bonchev–Trinajstić information content (AvgIpc) is 3.32. The van der Waals surface area contributed by atoms with Crippen LogP contribution in [-0.4, -0.2) is 5.78 Å². The van der Waals surface area contributed by atoms with Gasteiger partial charge in [-0.05, 0) is 84.8 Å². The molecule has 3 unspecified atom stereocenters. The number of rotatable bonds is 0. The van der Waals surface area contributed by atoms with Crippen molar-refractivity contribution in [3.8, 4) is 0 Å². The molecule has 9 aliphatic rings. The van der Waals surface area contributed by atoms with Gasteiger partial charge in [-0.2, -0.15) is 0 Å². The van der Waals surface area contributed by atoms with Crippen LogP contribution in [0.1, 0.15) is 63.4 Å². The molecule has 9 aliphatic carbocycles. The Labute approximate surface area is 165 Å². The molecule has 0 aromatic heterocycles. The highest BCUT2D eigenvalue weighted by atomic mass is 16.1. The molecule has 28 heavy (non-hydrogen) atoms. The fourth-order valence-electron chi connectivity index (χ4n) is 9.10. The van der Waals surface area contributed by atoms with Crippen molar-refractivity contribution in [3.63, 3.8) is 0 Å². The number of ketones is 1. The zero-order valence-electron chi connectivity index (χ0n) is 16.4. The van der Waals surface area contributed by atoms with Gasteiger partial charge in [-0.1, -0.05) is 47.1 Å². The molecule has 2 fully saturated rings. The van der Waals surface area contributed by atoms with E-state index in [4.69, 9.17) is 0 Å². The Bertz CT molecular complexity index is 1180. The van der Waals surface area contributed by atoms with Crippen LogP contribution in [0.2, 0.25) is 0 Å². The minimum Gasteiger partial charge on any atom is -0.299 e. The molecule has 1 heteroatoms. The van der Waals surface area contributed by atoms with E-state index in [1.165, 1.54) is 61.0 Å². The van der Waals surface area contributed by atoms with Crippen LogP contribution in [-0.2, 0) is 10.2 Å². The third-order valence-corrected chi connectivity index (χ3v) is 10.0. The smallest absolute Gasteiger partial charge is 0.144 e. The van der Waals surface area contributed by atoms with E-state index in [0.29, 0.717) is 16.6 Å². The predicted molar refractivity (Wildman–Crippen MR) is 110 cm³/mol. The summed E-state index contributed by atoms with van der Waals surface area (Å²) in [5.74, 6) is 2.12. The van der Waals surface area contributed by atoms with Gasteiger partial charge in [-0.15, -0.1) is 0 Å². The van der Waals surface area contributed by atoms with Crippen LogP contribution >= 0.6 is 0 Å². The minimum absolute atomic E-state index is 0.0256. The van der Waals surface area contributed by atoms with E-state index < -0.39 is 0 Å². The largest absolute Gasteiger partial charge is 0.299 e. The fraction of sp³-hybridized carbons (Fsp3) is 0.519. The van der Waals surface area contributed by atoms with Crippen LogP contribution in [0.25, 0.3) is 12.2 Å². The first kappa shape index (κ1) is 15.0. The van der Waals surface area contributed by atoms with Gasteiger partial charge in [0.05, 0.1) is 5.92 Å². The van der Waals surface area contributed by atoms with Gasteiger partial charge in [0.2, 0.25) is 0 Å². The molecule has 140 valence electrons. The SMILES string of the molecule is O=C1CCC2=C3C=c4ccc(cc4=CC13)C13CCC(CC1)C1=C3C3CCC21C3. The summed E-state index contributed by atoms with van der Waals surface area (Å²) in [5, 5.41) is 2.68. The zero-order valence-corrected chi connectivity index (χ0v) is 16.4. The molecule has 10 rings (SSSR count). The van der Waals surface area contributed by atoms with Crippen molar-refractivity contribution in [1.82, 2.24) is 0 Å². The molecule has 12 bridgehead atoms. The van der Waals surface area contributed by atoms with Crippen LogP contribution in [0, 0.1) is 23.2 Å². The van der Waals surface area contributed by atoms with Gasteiger partial charge in [-0.3, -0.25) is 4.79 Å². The molecule has 1 aromatic rings. The van der Waals surface area contributed by atoms with Gasteiger partial charge in [-0.25, -0.2) is 0 Å². The first-order valence-corrected chi connectivity index (χ1v) is 11.6. The lowest BCUT2D eigenvalue weighted by atomic mass is 9.50. The summed E-state index contributed by atoms with van der Waals surface area (Å²) in [6.07, 6.45) is 16.1. The second kappa shape index (κ2) is 4.48. The second-order valence-electron chi connectivity index (χ2n) is 10.7. The normalized spacial score (nSPS) is 43.4. The Morgan fingerprint density at radius 2 is 1.64 bits per heavy atom. The first-order chi connectivity index (χ1) is 13.7. The molecular weight excluding hydrogens is 340 g/mol. The van der Waals surface area contributed by atoms with Crippen LogP contribution in [0.3, 0.4) is 0 Å². The molecule has 2 saturated carbocycles. The van der Waals surface area contributed by atoms with E-state index in [2.05, 4.69) is 30.4 Å². The number of hydrogen-bond donors (Lipinski definition) is 0.